The Bertz CT molecular complexity index is 742. The van der Waals surface area contributed by atoms with Crippen molar-refractivity contribution in [3.63, 3.8) is 0 Å². The highest BCUT2D eigenvalue weighted by atomic mass is 16.5. The van der Waals surface area contributed by atoms with Crippen LogP contribution in [-0.4, -0.2) is 65.8 Å². The molecule has 1 aliphatic heterocycles. The number of fused-ring (bicyclic) bond motifs is 1. The summed E-state index contributed by atoms with van der Waals surface area (Å²) in [4.78, 5) is 22.0. The molecular formula is C11H16N6O5. The van der Waals surface area contributed by atoms with E-state index in [9.17, 15) is 20.1 Å². The number of ether oxygens (including phenoxy) is 1. The fourth-order valence-corrected chi connectivity index (χ4v) is 2.50. The van der Waals surface area contributed by atoms with Crippen LogP contribution in [0.1, 0.15) is 6.23 Å². The van der Waals surface area contributed by atoms with Crippen LogP contribution in [0.2, 0.25) is 0 Å². The zero-order valence-corrected chi connectivity index (χ0v) is 11.3. The standard InChI is InChI=1S/C11H16N6O5/c12-4-7(20)6(19)3(1-18)22-10(4)17-2-14-5-8(17)15-11(13)16-9(5)21/h2-4,6-7,10,18-20H,1,12H2,(H3,13,15,16,21)/t3-,4-,6-,7-,10-/m1/s1. The molecule has 1 saturated heterocycles. The van der Waals surface area contributed by atoms with Crippen LogP contribution in [0.3, 0.4) is 0 Å². The first kappa shape index (κ1) is 14.9. The highest BCUT2D eigenvalue weighted by molar-refractivity contribution is 5.70. The van der Waals surface area contributed by atoms with Crippen LogP contribution >= 0.6 is 0 Å². The number of aliphatic hydroxyl groups excluding tert-OH is 3. The van der Waals surface area contributed by atoms with E-state index in [4.69, 9.17) is 16.2 Å². The minimum atomic E-state index is -1.33. The molecule has 3 heterocycles. The summed E-state index contributed by atoms with van der Waals surface area (Å²) in [5.41, 5.74) is 11.0. The Morgan fingerprint density at radius 3 is 2.82 bits per heavy atom. The number of anilines is 1. The van der Waals surface area contributed by atoms with E-state index in [0.29, 0.717) is 0 Å². The van der Waals surface area contributed by atoms with Crippen molar-refractivity contribution in [1.82, 2.24) is 19.5 Å². The first-order valence-electron chi connectivity index (χ1n) is 6.54. The number of nitrogens with one attached hydrogen (secondary N) is 1. The lowest BCUT2D eigenvalue weighted by molar-refractivity contribution is -0.209. The molecule has 0 unspecified atom stereocenters. The highest BCUT2D eigenvalue weighted by Crippen LogP contribution is 2.28. The largest absolute Gasteiger partial charge is 0.394 e. The zero-order valence-electron chi connectivity index (χ0n) is 11.3. The number of imidazole rings is 1. The Kier molecular flexibility index (Phi) is 3.58. The van der Waals surface area contributed by atoms with Gasteiger partial charge >= 0.3 is 0 Å². The maximum atomic E-state index is 11.8. The summed E-state index contributed by atoms with van der Waals surface area (Å²) < 4.78 is 6.84. The van der Waals surface area contributed by atoms with Gasteiger partial charge in [0.05, 0.1) is 19.0 Å². The third-order valence-electron chi connectivity index (χ3n) is 3.67. The van der Waals surface area contributed by atoms with Crippen LogP contribution in [0.25, 0.3) is 11.2 Å². The summed E-state index contributed by atoms with van der Waals surface area (Å²) in [5, 5.41) is 29.0. The molecule has 1 fully saturated rings. The molecular weight excluding hydrogens is 296 g/mol. The molecule has 11 nitrogen and oxygen atoms in total. The van der Waals surface area contributed by atoms with Crippen molar-refractivity contribution < 1.29 is 20.1 Å². The topological polar surface area (TPSA) is 186 Å². The Labute approximate surface area is 123 Å². The molecule has 0 radical (unpaired) electrons. The van der Waals surface area contributed by atoms with E-state index in [1.807, 2.05) is 0 Å². The fourth-order valence-electron chi connectivity index (χ4n) is 2.50. The molecule has 1 aliphatic rings. The van der Waals surface area contributed by atoms with Crippen molar-refractivity contribution in [1.29, 1.82) is 0 Å². The number of nitrogen functional groups attached to an aromatic ring is 1. The van der Waals surface area contributed by atoms with Gasteiger partial charge in [0.25, 0.3) is 5.56 Å². The summed E-state index contributed by atoms with van der Waals surface area (Å²) in [6.45, 7) is -0.510. The fraction of sp³-hybridized carbons (Fsp3) is 0.545. The van der Waals surface area contributed by atoms with Gasteiger partial charge in [0, 0.05) is 0 Å². The number of rotatable bonds is 2. The molecule has 0 aliphatic carbocycles. The number of aliphatic hydroxyl groups is 3. The number of H-pyrrole nitrogens is 1. The third kappa shape index (κ3) is 2.15. The number of nitrogens with two attached hydrogens (primary N) is 2. The second kappa shape index (κ2) is 5.30. The predicted molar refractivity (Wildman–Crippen MR) is 73.5 cm³/mol. The summed E-state index contributed by atoms with van der Waals surface area (Å²) in [6.07, 6.45) is -3.39. The average Bonchev–Trinajstić information content (AvgIpc) is 2.89. The Hall–Kier alpha value is -2.05. The van der Waals surface area contributed by atoms with E-state index >= 15 is 0 Å². The van der Waals surface area contributed by atoms with Crippen LogP contribution in [-0.2, 0) is 4.74 Å². The van der Waals surface area contributed by atoms with Crippen molar-refractivity contribution in [2.75, 3.05) is 12.3 Å². The van der Waals surface area contributed by atoms with Crippen LogP contribution in [0.15, 0.2) is 11.1 Å². The quantitative estimate of drug-likeness (QED) is 0.329. The molecule has 0 amide bonds. The normalized spacial score (nSPS) is 32.5. The van der Waals surface area contributed by atoms with Crippen molar-refractivity contribution in [3.05, 3.63) is 16.7 Å². The van der Waals surface area contributed by atoms with Crippen molar-refractivity contribution in [2.45, 2.75) is 30.6 Å². The molecule has 120 valence electrons. The van der Waals surface area contributed by atoms with Gasteiger partial charge in [-0.25, -0.2) is 4.98 Å². The first-order valence-corrected chi connectivity index (χ1v) is 6.54. The van der Waals surface area contributed by atoms with Gasteiger partial charge in [0.1, 0.15) is 18.3 Å². The second-order valence-electron chi connectivity index (χ2n) is 5.08. The minimum absolute atomic E-state index is 0.0335. The van der Waals surface area contributed by atoms with Crippen molar-refractivity contribution >= 4 is 17.1 Å². The van der Waals surface area contributed by atoms with E-state index < -0.39 is 42.7 Å². The second-order valence-corrected chi connectivity index (χ2v) is 5.08. The Balaban J connectivity index is 2.08. The van der Waals surface area contributed by atoms with Gasteiger partial charge < -0.3 is 31.5 Å². The predicted octanol–water partition coefficient (Wildman–Crippen LogP) is -3.36. The van der Waals surface area contributed by atoms with Crippen LogP contribution in [0, 0.1) is 0 Å². The lowest BCUT2D eigenvalue weighted by Gasteiger charge is -2.41. The summed E-state index contributed by atoms with van der Waals surface area (Å²) in [6, 6.07) is -1.02. The molecule has 22 heavy (non-hydrogen) atoms. The van der Waals surface area contributed by atoms with Gasteiger partial charge in [-0.3, -0.25) is 14.3 Å². The zero-order chi connectivity index (χ0) is 16.0. The lowest BCUT2D eigenvalue weighted by Crippen LogP contribution is -2.59. The van der Waals surface area contributed by atoms with Crippen LogP contribution in [0.5, 0.6) is 0 Å². The van der Waals surface area contributed by atoms with Crippen LogP contribution in [0.4, 0.5) is 5.95 Å². The maximum absolute atomic E-state index is 11.8. The number of aromatic nitrogens is 4. The molecule has 0 aromatic carbocycles. The van der Waals surface area contributed by atoms with E-state index in [2.05, 4.69) is 15.0 Å². The SMILES string of the molecule is Nc1nc2c(ncn2[C@@H]2O[C@H](CO)[C@@H](O)[C@H](O)[C@H]2N)c(=O)[nH]1. The van der Waals surface area contributed by atoms with Crippen LogP contribution < -0.4 is 17.0 Å². The van der Waals surface area contributed by atoms with Gasteiger partial charge in [-0.1, -0.05) is 0 Å². The molecule has 8 N–H and O–H groups in total. The number of nitrogens with zero attached hydrogens (tertiary/aromatic N) is 3. The van der Waals surface area contributed by atoms with Gasteiger partial charge in [0.15, 0.2) is 17.4 Å². The van der Waals surface area contributed by atoms with Gasteiger partial charge in [0.2, 0.25) is 5.95 Å². The van der Waals surface area contributed by atoms with E-state index in [-0.39, 0.29) is 17.1 Å². The first-order chi connectivity index (χ1) is 10.4. The molecule has 3 rings (SSSR count). The van der Waals surface area contributed by atoms with E-state index in [1.165, 1.54) is 10.9 Å². The molecule has 0 bridgehead atoms. The summed E-state index contributed by atoms with van der Waals surface area (Å²) in [7, 11) is 0. The molecule has 2 aromatic heterocycles. The Morgan fingerprint density at radius 1 is 1.41 bits per heavy atom. The van der Waals surface area contributed by atoms with E-state index in [1.54, 1.807) is 0 Å². The number of hydrogen-bond acceptors (Lipinski definition) is 9. The molecule has 0 spiro atoms. The Morgan fingerprint density at radius 2 is 2.14 bits per heavy atom. The lowest BCUT2D eigenvalue weighted by atomic mass is 9.97. The van der Waals surface area contributed by atoms with Gasteiger partial charge in [-0.15, -0.1) is 0 Å². The van der Waals surface area contributed by atoms with Gasteiger partial charge in [-0.2, -0.15) is 4.98 Å². The average molecular weight is 312 g/mol. The van der Waals surface area contributed by atoms with Gasteiger partial charge in [-0.05, 0) is 0 Å². The molecule has 2 aromatic rings. The number of aromatic amines is 1. The maximum Gasteiger partial charge on any atom is 0.280 e. The van der Waals surface area contributed by atoms with E-state index in [0.717, 1.165) is 0 Å². The molecule has 11 heteroatoms. The molecule has 0 saturated carbocycles. The minimum Gasteiger partial charge on any atom is -0.394 e. The van der Waals surface area contributed by atoms with Crippen molar-refractivity contribution in [2.24, 2.45) is 5.73 Å². The number of hydrogen-bond donors (Lipinski definition) is 6. The monoisotopic (exact) mass is 312 g/mol. The van der Waals surface area contributed by atoms with Crippen molar-refractivity contribution in [3.8, 4) is 0 Å². The smallest absolute Gasteiger partial charge is 0.280 e. The molecule has 5 atom stereocenters. The highest BCUT2D eigenvalue weighted by Gasteiger charge is 2.43. The summed E-state index contributed by atoms with van der Waals surface area (Å²) in [5.74, 6) is -0.108. The third-order valence-corrected chi connectivity index (χ3v) is 3.67. The summed E-state index contributed by atoms with van der Waals surface area (Å²) >= 11 is 0.